The second kappa shape index (κ2) is 7.99. The molecule has 2 N–H and O–H groups in total. The predicted molar refractivity (Wildman–Crippen MR) is 106 cm³/mol. The third-order valence-corrected chi connectivity index (χ3v) is 7.56. The standard InChI is InChI=1S/C19H24N4O3S.ClH/c1-12-4-6-15(7-5-12)27(25,26)22-17-10-13-9-16(17)21-18(13)19(24)23-8-2-3-14(23)11-20;/h4-7,13-14,16-18,21-22H,2-3,8-10H2,1H3;1H/t13-,14+,16+,17-,18+;/m1./s1. The van der Waals surface area contributed by atoms with E-state index < -0.39 is 10.0 Å². The van der Waals surface area contributed by atoms with Crippen LogP contribution in [0.5, 0.6) is 0 Å². The topological polar surface area (TPSA) is 102 Å². The van der Waals surface area contributed by atoms with Crippen LogP contribution < -0.4 is 10.0 Å². The van der Waals surface area contributed by atoms with Crippen LogP contribution in [0.15, 0.2) is 29.2 Å². The molecule has 0 spiro atoms. The molecule has 3 aliphatic rings. The molecule has 1 saturated carbocycles. The van der Waals surface area contributed by atoms with E-state index in [0.717, 1.165) is 24.8 Å². The summed E-state index contributed by atoms with van der Waals surface area (Å²) >= 11 is 0. The SMILES string of the molecule is Cc1ccc(S(=O)(=O)N[C@@H]2C[C@H]3C[C@@H]2N[C@@H]3C(=O)N2CCC[C@H]2C#N)cc1.Cl. The van der Waals surface area contributed by atoms with Crippen molar-refractivity contribution in [1.29, 1.82) is 5.26 Å². The maximum Gasteiger partial charge on any atom is 0.241 e. The van der Waals surface area contributed by atoms with Gasteiger partial charge >= 0.3 is 0 Å². The fraction of sp³-hybridized carbons (Fsp3) is 0.579. The van der Waals surface area contributed by atoms with Gasteiger partial charge in [0.25, 0.3) is 0 Å². The summed E-state index contributed by atoms with van der Waals surface area (Å²) in [4.78, 5) is 14.8. The van der Waals surface area contributed by atoms with Crippen molar-refractivity contribution in [2.24, 2.45) is 5.92 Å². The highest BCUT2D eigenvalue weighted by Gasteiger charge is 2.51. The zero-order valence-corrected chi connectivity index (χ0v) is 17.3. The number of fused-ring (bicyclic) bond motifs is 2. The molecule has 2 bridgehead atoms. The van der Waals surface area contributed by atoms with Crippen molar-refractivity contribution < 1.29 is 13.2 Å². The highest BCUT2D eigenvalue weighted by atomic mass is 35.5. The number of rotatable bonds is 4. The van der Waals surface area contributed by atoms with Crippen LogP contribution in [-0.4, -0.2) is 49.9 Å². The number of carbonyl (C=O) groups is 1. The van der Waals surface area contributed by atoms with Gasteiger partial charge in [0.05, 0.1) is 17.0 Å². The zero-order chi connectivity index (χ0) is 19.2. The Kier molecular flexibility index (Phi) is 6.01. The molecule has 4 rings (SSSR count). The number of likely N-dealkylation sites (tertiary alicyclic amines) is 1. The average Bonchev–Trinajstić information content (AvgIpc) is 3.36. The number of sulfonamides is 1. The first-order valence-electron chi connectivity index (χ1n) is 9.44. The number of piperidine rings is 1. The molecular formula is C19H25ClN4O3S. The number of hydrogen-bond acceptors (Lipinski definition) is 5. The molecule has 152 valence electrons. The summed E-state index contributed by atoms with van der Waals surface area (Å²) in [6.45, 7) is 2.55. The number of carbonyl (C=O) groups excluding carboxylic acids is 1. The molecule has 3 fully saturated rings. The summed E-state index contributed by atoms with van der Waals surface area (Å²) in [7, 11) is -3.58. The lowest BCUT2D eigenvalue weighted by Crippen LogP contribution is -2.56. The summed E-state index contributed by atoms with van der Waals surface area (Å²) in [5.74, 6) is 0.0968. The summed E-state index contributed by atoms with van der Waals surface area (Å²) in [6, 6.07) is 8.11. The van der Waals surface area contributed by atoms with Gasteiger partial charge in [-0.15, -0.1) is 12.4 Å². The van der Waals surface area contributed by atoms with E-state index in [9.17, 15) is 18.5 Å². The molecule has 5 atom stereocenters. The lowest BCUT2D eigenvalue weighted by Gasteiger charge is -2.32. The van der Waals surface area contributed by atoms with Gasteiger partial charge < -0.3 is 10.2 Å². The van der Waals surface area contributed by atoms with Gasteiger partial charge in [-0.3, -0.25) is 4.79 Å². The molecule has 2 saturated heterocycles. The smallest absolute Gasteiger partial charge is 0.241 e. The monoisotopic (exact) mass is 424 g/mol. The highest BCUT2D eigenvalue weighted by molar-refractivity contribution is 7.89. The minimum atomic E-state index is -3.58. The molecule has 1 aliphatic carbocycles. The maximum absolute atomic E-state index is 12.8. The number of nitrogens with one attached hydrogen (secondary N) is 2. The Hall–Kier alpha value is -1.66. The van der Waals surface area contributed by atoms with Gasteiger partial charge in [-0.25, -0.2) is 13.1 Å². The molecule has 0 aromatic heterocycles. The molecule has 9 heteroatoms. The minimum absolute atomic E-state index is 0. The Bertz CT molecular complexity index is 883. The van der Waals surface area contributed by atoms with Crippen molar-refractivity contribution in [3.8, 4) is 6.07 Å². The van der Waals surface area contributed by atoms with Crippen molar-refractivity contribution in [2.45, 2.75) is 61.7 Å². The maximum atomic E-state index is 12.8. The number of aryl methyl sites for hydroxylation is 1. The molecule has 1 aromatic rings. The molecule has 0 radical (unpaired) electrons. The van der Waals surface area contributed by atoms with Gasteiger partial charge in [0, 0.05) is 18.6 Å². The van der Waals surface area contributed by atoms with Crippen LogP contribution in [0, 0.1) is 24.2 Å². The van der Waals surface area contributed by atoms with Gasteiger partial charge in [-0.1, -0.05) is 17.7 Å². The summed E-state index contributed by atoms with van der Waals surface area (Å²) in [6.07, 6.45) is 3.03. The van der Waals surface area contributed by atoms with E-state index in [2.05, 4.69) is 16.1 Å². The number of halogens is 1. The Labute approximate surface area is 171 Å². The van der Waals surface area contributed by atoms with Gasteiger partial charge in [0.15, 0.2) is 0 Å². The Balaban J connectivity index is 0.00000225. The van der Waals surface area contributed by atoms with Crippen LogP contribution >= 0.6 is 12.4 Å². The predicted octanol–water partition coefficient (Wildman–Crippen LogP) is 1.33. The molecular weight excluding hydrogens is 400 g/mol. The Morgan fingerprint density at radius 3 is 2.61 bits per heavy atom. The van der Waals surface area contributed by atoms with Gasteiger partial charge in [-0.2, -0.15) is 5.26 Å². The lowest BCUT2D eigenvalue weighted by atomic mass is 9.97. The van der Waals surface area contributed by atoms with Crippen LogP contribution in [0.4, 0.5) is 0 Å². The molecule has 28 heavy (non-hydrogen) atoms. The molecule has 2 heterocycles. The molecule has 0 unspecified atom stereocenters. The average molecular weight is 425 g/mol. The summed E-state index contributed by atoms with van der Waals surface area (Å²) in [5, 5.41) is 12.5. The number of nitriles is 1. The Morgan fingerprint density at radius 1 is 1.29 bits per heavy atom. The number of benzene rings is 1. The van der Waals surface area contributed by atoms with Crippen molar-refractivity contribution >= 4 is 28.3 Å². The van der Waals surface area contributed by atoms with Crippen molar-refractivity contribution in [3.63, 3.8) is 0 Å². The number of amides is 1. The van der Waals surface area contributed by atoms with Crippen LogP contribution in [0.1, 0.15) is 31.2 Å². The highest BCUT2D eigenvalue weighted by Crippen LogP contribution is 2.37. The second-order valence-electron chi connectivity index (χ2n) is 7.84. The van der Waals surface area contributed by atoms with Crippen LogP contribution in [0.3, 0.4) is 0 Å². The van der Waals surface area contributed by atoms with E-state index >= 15 is 0 Å². The third-order valence-electron chi connectivity index (χ3n) is 6.05. The minimum Gasteiger partial charge on any atom is -0.325 e. The van der Waals surface area contributed by atoms with Crippen LogP contribution in [-0.2, 0) is 14.8 Å². The zero-order valence-electron chi connectivity index (χ0n) is 15.7. The summed E-state index contributed by atoms with van der Waals surface area (Å²) in [5.41, 5.74) is 1.01. The van der Waals surface area contributed by atoms with E-state index in [1.807, 2.05) is 6.92 Å². The fourth-order valence-corrected chi connectivity index (χ4v) is 5.92. The van der Waals surface area contributed by atoms with Crippen LogP contribution in [0.25, 0.3) is 0 Å². The van der Waals surface area contributed by atoms with Gasteiger partial charge in [0.2, 0.25) is 15.9 Å². The van der Waals surface area contributed by atoms with Crippen molar-refractivity contribution in [1.82, 2.24) is 14.9 Å². The first-order valence-corrected chi connectivity index (χ1v) is 10.9. The van der Waals surface area contributed by atoms with E-state index in [-0.39, 0.29) is 53.3 Å². The second-order valence-corrected chi connectivity index (χ2v) is 9.56. The van der Waals surface area contributed by atoms with Crippen molar-refractivity contribution in [2.75, 3.05) is 6.54 Å². The van der Waals surface area contributed by atoms with E-state index in [1.54, 1.807) is 29.2 Å². The fourth-order valence-electron chi connectivity index (χ4n) is 4.63. The number of hydrogen-bond donors (Lipinski definition) is 2. The van der Waals surface area contributed by atoms with E-state index in [4.69, 9.17) is 0 Å². The molecule has 7 nitrogen and oxygen atoms in total. The first-order chi connectivity index (χ1) is 12.9. The Morgan fingerprint density at radius 2 is 2.00 bits per heavy atom. The normalized spacial score (nSPS) is 31.4. The van der Waals surface area contributed by atoms with Crippen LogP contribution in [0.2, 0.25) is 0 Å². The third kappa shape index (κ3) is 3.77. The number of nitrogens with zero attached hydrogens (tertiary/aromatic N) is 2. The molecule has 1 aromatic carbocycles. The molecule has 2 aliphatic heterocycles. The quantitative estimate of drug-likeness (QED) is 0.759. The van der Waals surface area contributed by atoms with E-state index in [0.29, 0.717) is 13.0 Å². The molecule has 1 amide bonds. The van der Waals surface area contributed by atoms with Crippen molar-refractivity contribution in [3.05, 3.63) is 29.8 Å². The van der Waals surface area contributed by atoms with Gasteiger partial charge in [-0.05, 0) is 50.7 Å². The lowest BCUT2D eigenvalue weighted by molar-refractivity contribution is -0.134. The summed E-state index contributed by atoms with van der Waals surface area (Å²) < 4.78 is 28.1. The first kappa shape index (κ1) is 21.1. The van der Waals surface area contributed by atoms with Gasteiger partial charge in [0.1, 0.15) is 6.04 Å². The largest absolute Gasteiger partial charge is 0.325 e. The van der Waals surface area contributed by atoms with E-state index in [1.165, 1.54) is 0 Å².